The van der Waals surface area contributed by atoms with E-state index in [9.17, 15) is 9.59 Å². The molecule has 0 radical (unpaired) electrons. The minimum absolute atomic E-state index is 0.0293. The van der Waals surface area contributed by atoms with E-state index in [-0.39, 0.29) is 10.7 Å². The molecule has 0 saturated carbocycles. The maximum atomic E-state index is 12.8. The Bertz CT molecular complexity index is 845. The molecule has 0 bridgehead atoms. The molecule has 0 unspecified atom stereocenters. The molecule has 2 amide bonds. The molecule has 126 valence electrons. The van der Waals surface area contributed by atoms with Gasteiger partial charge in [0, 0.05) is 0 Å². The fourth-order valence-electron chi connectivity index (χ4n) is 2.46. The molecular formula is C19H16N2O3S. The number of ether oxygens (including phenoxy) is 1. The number of benzene rings is 2. The number of thiocarbonyl (C=S) groups is 1. The number of hydrogen-bond donors (Lipinski definition) is 1. The fraction of sp³-hybridized carbons (Fsp3) is 0.105. The predicted octanol–water partition coefficient (Wildman–Crippen LogP) is 2.92. The van der Waals surface area contributed by atoms with Gasteiger partial charge in [0.25, 0.3) is 11.8 Å². The Morgan fingerprint density at radius 2 is 1.76 bits per heavy atom. The minimum atomic E-state index is -0.504. The Hall–Kier alpha value is -2.99. The molecule has 1 heterocycles. The van der Waals surface area contributed by atoms with Crippen molar-refractivity contribution in [2.24, 2.45) is 0 Å². The van der Waals surface area contributed by atoms with E-state index in [0.717, 1.165) is 11.3 Å². The molecule has 2 aromatic carbocycles. The van der Waals surface area contributed by atoms with Gasteiger partial charge in [-0.25, -0.2) is 0 Å². The van der Waals surface area contributed by atoms with Crippen LogP contribution in [-0.2, 0) is 9.59 Å². The summed E-state index contributed by atoms with van der Waals surface area (Å²) < 4.78 is 5.39. The third-order valence-corrected chi connectivity index (χ3v) is 3.90. The second-order valence-corrected chi connectivity index (χ2v) is 5.68. The van der Waals surface area contributed by atoms with Crippen LogP contribution in [-0.4, -0.2) is 23.5 Å². The summed E-state index contributed by atoms with van der Waals surface area (Å²) in [6.07, 6.45) is 1.55. The Labute approximate surface area is 150 Å². The molecule has 5 nitrogen and oxygen atoms in total. The number of rotatable bonds is 4. The van der Waals surface area contributed by atoms with Crippen LogP contribution in [0.3, 0.4) is 0 Å². The van der Waals surface area contributed by atoms with Crippen molar-refractivity contribution in [3.63, 3.8) is 0 Å². The Kier molecular flexibility index (Phi) is 4.90. The third kappa shape index (κ3) is 3.59. The average molecular weight is 352 g/mol. The highest BCUT2D eigenvalue weighted by Gasteiger charge is 2.34. The first-order valence-corrected chi connectivity index (χ1v) is 8.20. The van der Waals surface area contributed by atoms with Gasteiger partial charge in [-0.2, -0.15) is 0 Å². The van der Waals surface area contributed by atoms with E-state index in [1.54, 1.807) is 54.6 Å². The zero-order valence-electron chi connectivity index (χ0n) is 13.6. The molecule has 1 aliphatic rings. The van der Waals surface area contributed by atoms with Gasteiger partial charge in [0.15, 0.2) is 5.11 Å². The lowest BCUT2D eigenvalue weighted by Crippen LogP contribution is -2.54. The molecule has 1 aliphatic heterocycles. The van der Waals surface area contributed by atoms with Crippen molar-refractivity contribution >= 4 is 40.9 Å². The summed E-state index contributed by atoms with van der Waals surface area (Å²) >= 11 is 5.16. The van der Waals surface area contributed by atoms with Crippen LogP contribution in [0.5, 0.6) is 5.75 Å². The van der Waals surface area contributed by atoms with Gasteiger partial charge in [0.05, 0.1) is 12.3 Å². The van der Waals surface area contributed by atoms with Crippen LogP contribution >= 0.6 is 12.2 Å². The number of carbonyl (C=O) groups is 2. The second kappa shape index (κ2) is 7.27. The van der Waals surface area contributed by atoms with E-state index >= 15 is 0 Å². The van der Waals surface area contributed by atoms with Crippen molar-refractivity contribution < 1.29 is 14.3 Å². The van der Waals surface area contributed by atoms with Crippen molar-refractivity contribution in [3.05, 3.63) is 65.7 Å². The number of carbonyl (C=O) groups excluding carboxylic acids is 2. The van der Waals surface area contributed by atoms with Gasteiger partial charge in [-0.05, 0) is 55.0 Å². The van der Waals surface area contributed by atoms with Gasteiger partial charge in [-0.15, -0.1) is 0 Å². The van der Waals surface area contributed by atoms with Crippen molar-refractivity contribution in [3.8, 4) is 5.75 Å². The monoisotopic (exact) mass is 352 g/mol. The highest BCUT2D eigenvalue weighted by atomic mass is 32.1. The van der Waals surface area contributed by atoms with Crippen LogP contribution in [0.25, 0.3) is 6.08 Å². The van der Waals surface area contributed by atoms with Crippen LogP contribution in [0, 0.1) is 0 Å². The number of hydrogen-bond acceptors (Lipinski definition) is 4. The van der Waals surface area contributed by atoms with Crippen molar-refractivity contribution in [2.75, 3.05) is 11.5 Å². The normalized spacial score (nSPS) is 16.1. The highest BCUT2D eigenvalue weighted by molar-refractivity contribution is 7.80. The predicted molar refractivity (Wildman–Crippen MR) is 100 cm³/mol. The quantitative estimate of drug-likeness (QED) is 0.522. The summed E-state index contributed by atoms with van der Waals surface area (Å²) in [5.74, 6) is -0.221. The summed E-state index contributed by atoms with van der Waals surface area (Å²) in [6.45, 7) is 2.48. The zero-order valence-corrected chi connectivity index (χ0v) is 14.4. The van der Waals surface area contributed by atoms with Crippen LogP contribution in [0.2, 0.25) is 0 Å². The lowest BCUT2D eigenvalue weighted by atomic mass is 10.1. The fourth-order valence-corrected chi connectivity index (χ4v) is 2.74. The van der Waals surface area contributed by atoms with Crippen LogP contribution in [0.15, 0.2) is 60.2 Å². The first-order chi connectivity index (χ1) is 12.1. The molecule has 0 aromatic heterocycles. The van der Waals surface area contributed by atoms with Gasteiger partial charge >= 0.3 is 0 Å². The number of nitrogens with zero attached hydrogens (tertiary/aromatic N) is 1. The van der Waals surface area contributed by atoms with Crippen LogP contribution < -0.4 is 15.0 Å². The first-order valence-electron chi connectivity index (χ1n) is 7.79. The molecule has 6 heteroatoms. The smallest absolute Gasteiger partial charge is 0.270 e. The van der Waals surface area contributed by atoms with E-state index in [0.29, 0.717) is 12.3 Å². The van der Waals surface area contributed by atoms with Crippen LogP contribution in [0.4, 0.5) is 5.69 Å². The van der Waals surface area contributed by atoms with Gasteiger partial charge in [-0.3, -0.25) is 19.8 Å². The molecule has 1 saturated heterocycles. The first kappa shape index (κ1) is 16.9. The molecule has 25 heavy (non-hydrogen) atoms. The summed E-state index contributed by atoms with van der Waals surface area (Å²) in [6, 6.07) is 16.1. The largest absolute Gasteiger partial charge is 0.494 e. The van der Waals surface area contributed by atoms with Crippen molar-refractivity contribution in [2.45, 2.75) is 6.92 Å². The molecule has 2 aromatic rings. The van der Waals surface area contributed by atoms with E-state index in [1.807, 2.05) is 13.0 Å². The Morgan fingerprint density at radius 1 is 1.08 bits per heavy atom. The molecule has 3 rings (SSSR count). The standard InChI is InChI=1S/C19H16N2O3S/c1-2-24-15-10-8-13(9-11-15)12-16-17(22)20-19(25)21(18(16)23)14-6-4-3-5-7-14/h3-12H,2H2,1H3,(H,20,22,25)/b16-12-. The lowest BCUT2D eigenvalue weighted by molar-refractivity contribution is -0.122. The Balaban J connectivity index is 1.93. The van der Waals surface area contributed by atoms with Gasteiger partial charge in [-0.1, -0.05) is 30.3 Å². The van der Waals surface area contributed by atoms with Crippen molar-refractivity contribution in [1.29, 1.82) is 0 Å². The van der Waals surface area contributed by atoms with E-state index in [2.05, 4.69) is 5.32 Å². The van der Waals surface area contributed by atoms with Crippen LogP contribution in [0.1, 0.15) is 12.5 Å². The highest BCUT2D eigenvalue weighted by Crippen LogP contribution is 2.22. The topological polar surface area (TPSA) is 58.6 Å². The van der Waals surface area contributed by atoms with Gasteiger partial charge < -0.3 is 4.74 Å². The Morgan fingerprint density at radius 3 is 2.40 bits per heavy atom. The minimum Gasteiger partial charge on any atom is -0.494 e. The molecule has 1 fully saturated rings. The summed E-state index contributed by atoms with van der Waals surface area (Å²) in [4.78, 5) is 26.3. The molecule has 0 spiro atoms. The molecule has 0 atom stereocenters. The number of para-hydroxylation sites is 1. The molecule has 1 N–H and O–H groups in total. The third-order valence-electron chi connectivity index (χ3n) is 3.62. The summed E-state index contributed by atoms with van der Waals surface area (Å²) in [5.41, 5.74) is 1.36. The molecule has 0 aliphatic carbocycles. The van der Waals surface area contributed by atoms with Gasteiger partial charge in [0.1, 0.15) is 11.3 Å². The lowest BCUT2D eigenvalue weighted by Gasteiger charge is -2.28. The average Bonchev–Trinajstić information content (AvgIpc) is 2.61. The van der Waals surface area contributed by atoms with E-state index in [1.165, 1.54) is 4.90 Å². The summed E-state index contributed by atoms with van der Waals surface area (Å²) in [7, 11) is 0. The number of amides is 2. The molecular weight excluding hydrogens is 336 g/mol. The maximum absolute atomic E-state index is 12.8. The van der Waals surface area contributed by atoms with Crippen molar-refractivity contribution in [1.82, 2.24) is 5.32 Å². The summed E-state index contributed by atoms with van der Waals surface area (Å²) in [5, 5.41) is 2.64. The van der Waals surface area contributed by atoms with Gasteiger partial charge in [0.2, 0.25) is 0 Å². The zero-order chi connectivity index (χ0) is 17.8. The maximum Gasteiger partial charge on any atom is 0.270 e. The second-order valence-electron chi connectivity index (χ2n) is 5.30. The van der Waals surface area contributed by atoms with E-state index in [4.69, 9.17) is 17.0 Å². The van der Waals surface area contributed by atoms with E-state index < -0.39 is 11.8 Å². The number of nitrogens with one attached hydrogen (secondary N) is 1. The SMILES string of the molecule is CCOc1ccc(/C=C2/C(=O)NC(=S)N(c3ccccc3)C2=O)cc1. The number of anilines is 1.